The summed E-state index contributed by atoms with van der Waals surface area (Å²) < 4.78 is 0. The van der Waals surface area contributed by atoms with E-state index in [9.17, 15) is 4.79 Å². The van der Waals surface area contributed by atoms with Gasteiger partial charge in [-0.15, -0.1) is 0 Å². The van der Waals surface area contributed by atoms with Crippen molar-refractivity contribution in [2.75, 3.05) is 5.32 Å². The van der Waals surface area contributed by atoms with Crippen molar-refractivity contribution >= 4 is 33.3 Å². The van der Waals surface area contributed by atoms with Gasteiger partial charge >= 0.3 is 0 Å². The monoisotopic (exact) mass is 393 g/mol. The lowest BCUT2D eigenvalue weighted by Gasteiger charge is -2.27. The number of unbranched alkanes of at least 4 members (excludes halogenated alkanes) is 1. The molecular weight excluding hydrogens is 366 g/mol. The van der Waals surface area contributed by atoms with E-state index in [0.717, 1.165) is 45.4 Å². The average molecular weight is 394 g/mol. The van der Waals surface area contributed by atoms with Gasteiger partial charge in [-0.3, -0.25) is 4.79 Å². The van der Waals surface area contributed by atoms with E-state index in [4.69, 9.17) is 0 Å². The number of rotatable bonds is 6. The van der Waals surface area contributed by atoms with Crippen LogP contribution in [0, 0.1) is 11.8 Å². The average Bonchev–Trinajstić information content (AvgIpc) is 3.17. The standard InChI is InChI=1S/C23H27N3OS/c1-2-3-6-16-10-12-17(13-11-16)21(27)25-19-8-4-7-18(15-19)22-26-20-9-5-14-24-23(20)28-22/h4-5,7-9,14-17H,2-3,6,10-13H2,1H3,(H,25,27). The summed E-state index contributed by atoms with van der Waals surface area (Å²) in [5.74, 6) is 1.13. The summed E-state index contributed by atoms with van der Waals surface area (Å²) in [7, 11) is 0. The summed E-state index contributed by atoms with van der Waals surface area (Å²) in [5, 5.41) is 4.07. The second-order valence-corrected chi connectivity index (χ2v) is 8.75. The molecule has 1 aromatic carbocycles. The highest BCUT2D eigenvalue weighted by Crippen LogP contribution is 2.33. The third-order valence-corrected chi connectivity index (χ3v) is 6.76. The molecule has 5 heteroatoms. The van der Waals surface area contributed by atoms with Crippen LogP contribution in [-0.2, 0) is 4.79 Å². The van der Waals surface area contributed by atoms with Gasteiger partial charge in [-0.2, -0.15) is 0 Å². The molecule has 146 valence electrons. The highest BCUT2D eigenvalue weighted by atomic mass is 32.1. The second kappa shape index (κ2) is 8.82. The molecule has 0 atom stereocenters. The molecule has 1 amide bonds. The fraction of sp³-hybridized carbons (Fsp3) is 0.435. The van der Waals surface area contributed by atoms with Crippen LogP contribution in [0.1, 0.15) is 51.9 Å². The van der Waals surface area contributed by atoms with Crippen LogP contribution in [0.15, 0.2) is 42.6 Å². The van der Waals surface area contributed by atoms with Crippen molar-refractivity contribution in [3.05, 3.63) is 42.6 Å². The van der Waals surface area contributed by atoms with E-state index in [1.165, 1.54) is 32.1 Å². The number of aromatic nitrogens is 2. The number of pyridine rings is 1. The molecule has 1 aliphatic carbocycles. The largest absolute Gasteiger partial charge is 0.326 e. The van der Waals surface area contributed by atoms with Crippen LogP contribution < -0.4 is 5.32 Å². The normalized spacial score (nSPS) is 19.6. The maximum absolute atomic E-state index is 12.7. The molecule has 1 aliphatic rings. The quantitative estimate of drug-likeness (QED) is 0.535. The van der Waals surface area contributed by atoms with Gasteiger partial charge in [0.05, 0.1) is 0 Å². The Morgan fingerprint density at radius 1 is 1.18 bits per heavy atom. The molecule has 0 radical (unpaired) electrons. The molecule has 1 N–H and O–H groups in total. The lowest BCUT2D eigenvalue weighted by atomic mass is 9.79. The molecule has 2 aromatic heterocycles. The van der Waals surface area contributed by atoms with E-state index in [2.05, 4.69) is 22.2 Å². The van der Waals surface area contributed by atoms with Gasteiger partial charge in [0, 0.05) is 23.4 Å². The molecular formula is C23H27N3OS. The molecule has 4 nitrogen and oxygen atoms in total. The third kappa shape index (κ3) is 4.41. The van der Waals surface area contributed by atoms with Crippen LogP contribution in [0.25, 0.3) is 20.9 Å². The maximum Gasteiger partial charge on any atom is 0.227 e. The van der Waals surface area contributed by atoms with Crippen molar-refractivity contribution in [2.24, 2.45) is 11.8 Å². The summed E-state index contributed by atoms with van der Waals surface area (Å²) in [4.78, 5) is 22.7. The molecule has 3 aromatic rings. The number of nitrogens with zero attached hydrogens (tertiary/aromatic N) is 2. The number of nitrogens with one attached hydrogen (secondary N) is 1. The van der Waals surface area contributed by atoms with E-state index in [1.807, 2.05) is 36.4 Å². The van der Waals surface area contributed by atoms with Crippen molar-refractivity contribution in [2.45, 2.75) is 51.9 Å². The fourth-order valence-corrected chi connectivity index (χ4v) is 4.98. The first-order valence-electron chi connectivity index (χ1n) is 10.4. The number of anilines is 1. The van der Waals surface area contributed by atoms with Gasteiger partial charge in [-0.05, 0) is 55.9 Å². The zero-order chi connectivity index (χ0) is 19.3. The molecule has 2 heterocycles. The van der Waals surface area contributed by atoms with Crippen LogP contribution in [0.5, 0.6) is 0 Å². The van der Waals surface area contributed by atoms with Crippen molar-refractivity contribution in [1.82, 2.24) is 9.97 Å². The first-order valence-corrected chi connectivity index (χ1v) is 11.2. The van der Waals surface area contributed by atoms with Crippen LogP contribution in [-0.4, -0.2) is 15.9 Å². The van der Waals surface area contributed by atoms with Crippen molar-refractivity contribution < 1.29 is 4.79 Å². The van der Waals surface area contributed by atoms with Crippen LogP contribution in [0.3, 0.4) is 0 Å². The topological polar surface area (TPSA) is 54.9 Å². The fourth-order valence-electron chi connectivity index (χ4n) is 4.07. The molecule has 0 spiro atoms. The Bertz CT molecular complexity index is 911. The number of carbonyl (C=O) groups excluding carboxylic acids is 1. The Morgan fingerprint density at radius 3 is 2.82 bits per heavy atom. The minimum atomic E-state index is 0.146. The van der Waals surface area contributed by atoms with Crippen molar-refractivity contribution in [1.29, 1.82) is 0 Å². The van der Waals surface area contributed by atoms with Gasteiger partial charge in [0.1, 0.15) is 15.4 Å². The SMILES string of the molecule is CCCCC1CCC(C(=O)Nc2cccc(-c3nc4cccnc4s3)c2)CC1. The third-order valence-electron chi connectivity index (χ3n) is 5.73. The summed E-state index contributed by atoms with van der Waals surface area (Å²) in [6.07, 6.45) is 10.1. The number of fused-ring (bicyclic) bond motifs is 1. The second-order valence-electron chi connectivity index (χ2n) is 7.78. The zero-order valence-corrected chi connectivity index (χ0v) is 17.2. The molecule has 0 saturated heterocycles. The highest BCUT2D eigenvalue weighted by molar-refractivity contribution is 7.21. The number of hydrogen-bond acceptors (Lipinski definition) is 4. The lowest BCUT2D eigenvalue weighted by molar-refractivity contribution is -0.121. The predicted molar refractivity (Wildman–Crippen MR) is 116 cm³/mol. The van der Waals surface area contributed by atoms with Gasteiger partial charge in [0.25, 0.3) is 0 Å². The Balaban J connectivity index is 1.40. The summed E-state index contributed by atoms with van der Waals surface area (Å²) >= 11 is 1.58. The number of amides is 1. The van der Waals surface area contributed by atoms with E-state index >= 15 is 0 Å². The molecule has 0 aliphatic heterocycles. The van der Waals surface area contributed by atoms with E-state index in [-0.39, 0.29) is 11.8 Å². The Labute approximate surface area is 170 Å². The van der Waals surface area contributed by atoms with Gasteiger partial charge in [-0.1, -0.05) is 49.7 Å². The van der Waals surface area contributed by atoms with Crippen LogP contribution in [0.2, 0.25) is 0 Å². The van der Waals surface area contributed by atoms with Crippen molar-refractivity contribution in [3.8, 4) is 10.6 Å². The van der Waals surface area contributed by atoms with Crippen molar-refractivity contribution in [3.63, 3.8) is 0 Å². The molecule has 1 saturated carbocycles. The van der Waals surface area contributed by atoms with Gasteiger partial charge in [-0.25, -0.2) is 9.97 Å². The molecule has 1 fully saturated rings. The zero-order valence-electron chi connectivity index (χ0n) is 16.4. The first-order chi connectivity index (χ1) is 13.7. The molecule has 0 bridgehead atoms. The van der Waals surface area contributed by atoms with Crippen LogP contribution >= 0.6 is 11.3 Å². The minimum absolute atomic E-state index is 0.146. The van der Waals surface area contributed by atoms with Gasteiger partial charge < -0.3 is 5.32 Å². The summed E-state index contributed by atoms with van der Waals surface area (Å²) in [6, 6.07) is 11.9. The molecule has 4 rings (SSSR count). The highest BCUT2D eigenvalue weighted by Gasteiger charge is 2.26. The van der Waals surface area contributed by atoms with Crippen LogP contribution in [0.4, 0.5) is 5.69 Å². The minimum Gasteiger partial charge on any atom is -0.326 e. The van der Waals surface area contributed by atoms with E-state index in [1.54, 1.807) is 17.5 Å². The van der Waals surface area contributed by atoms with Gasteiger partial charge in [0.15, 0.2) is 0 Å². The van der Waals surface area contributed by atoms with E-state index < -0.39 is 0 Å². The van der Waals surface area contributed by atoms with E-state index in [0.29, 0.717) is 0 Å². The smallest absolute Gasteiger partial charge is 0.227 e. The first kappa shape index (κ1) is 19.1. The summed E-state index contributed by atoms with van der Waals surface area (Å²) in [6.45, 7) is 2.25. The number of carbonyl (C=O) groups is 1. The number of benzene rings is 1. The predicted octanol–water partition coefficient (Wildman–Crippen LogP) is 6.29. The summed E-state index contributed by atoms with van der Waals surface area (Å²) in [5.41, 5.74) is 2.78. The Kier molecular flexibility index (Phi) is 6.01. The Morgan fingerprint density at radius 2 is 2.04 bits per heavy atom. The Hall–Kier alpha value is -2.27. The number of thiazole rings is 1. The number of hydrogen-bond donors (Lipinski definition) is 1. The maximum atomic E-state index is 12.7. The van der Waals surface area contributed by atoms with Gasteiger partial charge in [0.2, 0.25) is 5.91 Å². The lowest BCUT2D eigenvalue weighted by Crippen LogP contribution is -2.27. The molecule has 28 heavy (non-hydrogen) atoms. The molecule has 0 unspecified atom stereocenters.